The van der Waals surface area contributed by atoms with Crippen molar-refractivity contribution in [3.63, 3.8) is 0 Å². The summed E-state index contributed by atoms with van der Waals surface area (Å²) in [5, 5.41) is 8.67. The highest BCUT2D eigenvalue weighted by molar-refractivity contribution is 7.14. The number of amides is 2. The van der Waals surface area contributed by atoms with Crippen molar-refractivity contribution in [1.29, 1.82) is 0 Å². The lowest BCUT2D eigenvalue weighted by molar-refractivity contribution is -0.111. The van der Waals surface area contributed by atoms with Crippen LogP contribution in [0.3, 0.4) is 0 Å². The molecule has 146 valence electrons. The maximum Gasteiger partial charge on any atom is 0.251 e. The van der Waals surface area contributed by atoms with E-state index in [1.807, 2.05) is 35.7 Å². The summed E-state index contributed by atoms with van der Waals surface area (Å²) in [6, 6.07) is 14.9. The number of nitrogens with one attached hydrogen (secondary N) is 2. The van der Waals surface area contributed by atoms with Crippen LogP contribution in [0.15, 0.2) is 60.0 Å². The number of nitrogens with zero attached hydrogens (tertiary/aromatic N) is 1. The van der Waals surface area contributed by atoms with Crippen molar-refractivity contribution >= 4 is 46.0 Å². The molecule has 5 nitrogen and oxygen atoms in total. The van der Waals surface area contributed by atoms with Gasteiger partial charge in [-0.2, -0.15) is 0 Å². The van der Waals surface area contributed by atoms with Crippen LogP contribution in [-0.2, 0) is 4.79 Å². The number of thiazole rings is 1. The second-order valence-electron chi connectivity index (χ2n) is 6.71. The molecule has 1 aliphatic rings. The molecule has 29 heavy (non-hydrogen) atoms. The molecule has 0 atom stereocenters. The van der Waals surface area contributed by atoms with Crippen molar-refractivity contribution in [2.24, 2.45) is 0 Å². The minimum Gasteiger partial charge on any atom is -0.349 e. The summed E-state index contributed by atoms with van der Waals surface area (Å²) in [5.74, 6) is -0.334. The standard InChI is InChI=1S/C22H18ClN3O2S/c23-18-4-2-1-3-17(18)19-13-29-22(25-19)26-20(27)12-7-14-5-8-15(9-6-14)21(28)24-16-10-11-16/h1-9,12-13,16H,10-11H2,(H,24,28)(H,25,26,27)/b12-7+. The number of carbonyl (C=O) groups excluding carboxylic acids is 2. The molecule has 7 heteroatoms. The first kappa shape index (κ1) is 19.4. The number of hydrogen-bond donors (Lipinski definition) is 2. The van der Waals surface area contributed by atoms with E-state index < -0.39 is 0 Å². The van der Waals surface area contributed by atoms with Crippen LogP contribution in [0.2, 0.25) is 5.02 Å². The Morgan fingerprint density at radius 3 is 2.59 bits per heavy atom. The maximum atomic E-state index is 12.2. The van der Waals surface area contributed by atoms with E-state index in [4.69, 9.17) is 11.6 Å². The average Bonchev–Trinajstić information content (AvgIpc) is 3.42. The third-order valence-electron chi connectivity index (χ3n) is 4.40. The molecule has 0 saturated heterocycles. The molecule has 0 radical (unpaired) electrons. The van der Waals surface area contributed by atoms with Crippen LogP contribution in [0.1, 0.15) is 28.8 Å². The van der Waals surface area contributed by atoms with Gasteiger partial charge in [-0.3, -0.25) is 14.9 Å². The number of halogens is 1. The normalized spacial score (nSPS) is 13.4. The SMILES string of the molecule is O=C(/C=C/c1ccc(C(=O)NC2CC2)cc1)Nc1nc(-c2ccccc2Cl)cs1. The third-order valence-corrected chi connectivity index (χ3v) is 5.48. The topological polar surface area (TPSA) is 71.1 Å². The van der Waals surface area contributed by atoms with E-state index in [-0.39, 0.29) is 11.8 Å². The molecule has 1 aromatic heterocycles. The quantitative estimate of drug-likeness (QED) is 0.547. The molecule has 1 aliphatic carbocycles. The number of benzene rings is 2. The second-order valence-corrected chi connectivity index (χ2v) is 7.98. The molecule has 0 spiro atoms. The molecule has 2 N–H and O–H groups in total. The van der Waals surface area contributed by atoms with Crippen molar-refractivity contribution in [3.8, 4) is 11.3 Å². The molecule has 3 aromatic rings. The zero-order valence-electron chi connectivity index (χ0n) is 15.4. The van der Waals surface area contributed by atoms with Gasteiger partial charge in [0, 0.05) is 33.6 Å². The second kappa shape index (κ2) is 8.59. The maximum absolute atomic E-state index is 12.2. The van der Waals surface area contributed by atoms with E-state index in [9.17, 15) is 9.59 Å². The van der Waals surface area contributed by atoms with Crippen molar-refractivity contribution in [2.45, 2.75) is 18.9 Å². The van der Waals surface area contributed by atoms with Gasteiger partial charge in [-0.25, -0.2) is 4.98 Å². The van der Waals surface area contributed by atoms with Crippen molar-refractivity contribution in [3.05, 3.63) is 76.1 Å². The van der Waals surface area contributed by atoms with Crippen molar-refractivity contribution in [2.75, 3.05) is 5.32 Å². The van der Waals surface area contributed by atoms with Gasteiger partial charge in [0.2, 0.25) is 5.91 Å². The van der Waals surface area contributed by atoms with Gasteiger partial charge < -0.3 is 5.32 Å². The van der Waals surface area contributed by atoms with Gasteiger partial charge in [0.1, 0.15) is 0 Å². The summed E-state index contributed by atoms with van der Waals surface area (Å²) in [6.45, 7) is 0. The first-order chi connectivity index (χ1) is 14.1. The number of rotatable bonds is 6. The molecule has 1 heterocycles. The molecule has 0 unspecified atom stereocenters. The largest absolute Gasteiger partial charge is 0.349 e. The van der Waals surface area contributed by atoms with Gasteiger partial charge >= 0.3 is 0 Å². The van der Waals surface area contributed by atoms with Crippen LogP contribution < -0.4 is 10.6 Å². The monoisotopic (exact) mass is 423 g/mol. The fourth-order valence-corrected chi connectivity index (χ4v) is 3.63. The van der Waals surface area contributed by atoms with E-state index >= 15 is 0 Å². The van der Waals surface area contributed by atoms with Gasteiger partial charge in [-0.1, -0.05) is 41.9 Å². The van der Waals surface area contributed by atoms with Gasteiger partial charge in [0.25, 0.3) is 5.91 Å². The summed E-state index contributed by atoms with van der Waals surface area (Å²) in [4.78, 5) is 28.6. The lowest BCUT2D eigenvalue weighted by Crippen LogP contribution is -2.25. The molecule has 0 aliphatic heterocycles. The van der Waals surface area contributed by atoms with Gasteiger partial charge in [0.15, 0.2) is 5.13 Å². The van der Waals surface area contributed by atoms with Crippen molar-refractivity contribution < 1.29 is 9.59 Å². The Hall–Kier alpha value is -2.96. The van der Waals surface area contributed by atoms with E-state index in [0.717, 1.165) is 29.7 Å². The van der Waals surface area contributed by atoms with E-state index in [1.54, 1.807) is 24.3 Å². The fraction of sp³-hybridized carbons (Fsp3) is 0.136. The van der Waals surface area contributed by atoms with Crippen LogP contribution in [0.5, 0.6) is 0 Å². The third kappa shape index (κ3) is 5.10. The summed E-state index contributed by atoms with van der Waals surface area (Å²) >= 11 is 7.53. The smallest absolute Gasteiger partial charge is 0.251 e. The Kier molecular flexibility index (Phi) is 5.74. The lowest BCUT2D eigenvalue weighted by Gasteiger charge is -2.03. The van der Waals surface area contributed by atoms with Gasteiger partial charge in [0.05, 0.1) is 5.69 Å². The molecule has 1 fully saturated rings. The highest BCUT2D eigenvalue weighted by Gasteiger charge is 2.23. The van der Waals surface area contributed by atoms with Gasteiger partial charge in [-0.15, -0.1) is 11.3 Å². The minimum atomic E-state index is -0.277. The molecule has 4 rings (SSSR count). The Morgan fingerprint density at radius 1 is 1.10 bits per heavy atom. The minimum absolute atomic E-state index is 0.0566. The molecule has 0 bridgehead atoms. The first-order valence-electron chi connectivity index (χ1n) is 9.19. The summed E-state index contributed by atoms with van der Waals surface area (Å²) in [5.41, 5.74) is 3.00. The zero-order chi connectivity index (χ0) is 20.2. The van der Waals surface area contributed by atoms with E-state index in [2.05, 4.69) is 15.6 Å². The summed E-state index contributed by atoms with van der Waals surface area (Å²) < 4.78 is 0. The van der Waals surface area contributed by atoms with Crippen LogP contribution in [0.25, 0.3) is 17.3 Å². The highest BCUT2D eigenvalue weighted by atomic mass is 35.5. The molecule has 2 amide bonds. The Labute approximate surface area is 177 Å². The number of anilines is 1. The Balaban J connectivity index is 1.35. The van der Waals surface area contributed by atoms with Crippen LogP contribution in [0.4, 0.5) is 5.13 Å². The number of aromatic nitrogens is 1. The average molecular weight is 424 g/mol. The Morgan fingerprint density at radius 2 is 1.86 bits per heavy atom. The van der Waals surface area contributed by atoms with Crippen LogP contribution >= 0.6 is 22.9 Å². The number of carbonyl (C=O) groups is 2. The molecule has 1 saturated carbocycles. The summed E-state index contributed by atoms with van der Waals surface area (Å²) in [7, 11) is 0. The Bertz CT molecular complexity index is 1070. The predicted octanol–water partition coefficient (Wildman–Crippen LogP) is 5.01. The molecular weight excluding hydrogens is 406 g/mol. The predicted molar refractivity (Wildman–Crippen MR) is 117 cm³/mol. The van der Waals surface area contributed by atoms with Crippen molar-refractivity contribution in [1.82, 2.24) is 10.3 Å². The van der Waals surface area contributed by atoms with E-state index in [0.29, 0.717) is 21.8 Å². The highest BCUT2D eigenvalue weighted by Crippen LogP contribution is 2.30. The lowest BCUT2D eigenvalue weighted by atomic mass is 10.1. The van der Waals surface area contributed by atoms with Crippen LogP contribution in [0, 0.1) is 0 Å². The molecule has 2 aromatic carbocycles. The zero-order valence-corrected chi connectivity index (χ0v) is 17.0. The number of hydrogen-bond acceptors (Lipinski definition) is 4. The molecular formula is C22H18ClN3O2S. The van der Waals surface area contributed by atoms with Gasteiger partial charge in [-0.05, 0) is 42.7 Å². The van der Waals surface area contributed by atoms with Crippen LogP contribution in [-0.4, -0.2) is 22.8 Å². The fourth-order valence-electron chi connectivity index (χ4n) is 2.68. The summed E-state index contributed by atoms with van der Waals surface area (Å²) in [6.07, 6.45) is 5.25. The van der Waals surface area contributed by atoms with E-state index in [1.165, 1.54) is 17.4 Å². The first-order valence-corrected chi connectivity index (χ1v) is 10.4.